The molecule has 0 saturated carbocycles. The summed E-state index contributed by atoms with van der Waals surface area (Å²) in [6, 6.07) is 0.375. The molecular weight excluding hydrogens is 192 g/mol. The summed E-state index contributed by atoms with van der Waals surface area (Å²) in [4.78, 5) is 6.12. The molecule has 1 atom stereocenters. The van der Waals surface area contributed by atoms with Crippen LogP contribution in [0.4, 0.5) is 5.95 Å². The van der Waals surface area contributed by atoms with Crippen molar-refractivity contribution < 1.29 is 4.52 Å². The van der Waals surface area contributed by atoms with Crippen molar-refractivity contribution in [2.45, 2.75) is 26.3 Å². The molecule has 5 nitrogen and oxygen atoms in total. The first-order chi connectivity index (χ1) is 7.04. The molecule has 1 aromatic heterocycles. The first-order valence-electron chi connectivity index (χ1n) is 5.21. The predicted molar refractivity (Wildman–Crippen MR) is 60.0 cm³/mol. The Morgan fingerprint density at radius 3 is 2.47 bits per heavy atom. The third-order valence-corrected chi connectivity index (χ3v) is 2.43. The molecule has 1 unspecified atom stereocenters. The minimum atomic E-state index is 0.375. The van der Waals surface area contributed by atoms with Crippen LogP contribution < -0.4 is 10.2 Å². The van der Waals surface area contributed by atoms with E-state index >= 15 is 0 Å². The summed E-state index contributed by atoms with van der Waals surface area (Å²) in [6.45, 7) is 4.34. The van der Waals surface area contributed by atoms with Gasteiger partial charge >= 0.3 is 0 Å². The van der Waals surface area contributed by atoms with Crippen molar-refractivity contribution in [2.24, 2.45) is 5.92 Å². The molecule has 1 N–H and O–H groups in total. The zero-order valence-electron chi connectivity index (χ0n) is 10.1. The summed E-state index contributed by atoms with van der Waals surface area (Å²) in [5, 5.41) is 7.12. The lowest BCUT2D eigenvalue weighted by Gasteiger charge is -2.17. The molecule has 0 fully saturated rings. The van der Waals surface area contributed by atoms with Crippen LogP contribution >= 0.6 is 0 Å². The Labute approximate surface area is 90.8 Å². The topological polar surface area (TPSA) is 54.2 Å². The summed E-state index contributed by atoms with van der Waals surface area (Å²) in [6.07, 6.45) is 0.773. The van der Waals surface area contributed by atoms with Gasteiger partial charge in [0.2, 0.25) is 5.89 Å². The normalized spacial score (nSPS) is 13.2. The molecule has 1 heterocycles. The van der Waals surface area contributed by atoms with Crippen molar-refractivity contribution in [3.63, 3.8) is 0 Å². The maximum atomic E-state index is 5.17. The van der Waals surface area contributed by atoms with Crippen LogP contribution in [0.25, 0.3) is 0 Å². The first kappa shape index (κ1) is 12.0. The molecule has 0 aliphatic carbocycles. The monoisotopic (exact) mass is 212 g/mol. The summed E-state index contributed by atoms with van der Waals surface area (Å²) < 4.78 is 5.17. The number of aromatic nitrogens is 2. The summed E-state index contributed by atoms with van der Waals surface area (Å²) >= 11 is 0. The van der Waals surface area contributed by atoms with Gasteiger partial charge in [0.25, 0.3) is 5.95 Å². The van der Waals surface area contributed by atoms with Gasteiger partial charge in [0, 0.05) is 26.6 Å². The lowest BCUT2D eigenvalue weighted by Crippen LogP contribution is -2.32. The number of hydrogen-bond donors (Lipinski definition) is 1. The van der Waals surface area contributed by atoms with Gasteiger partial charge in [-0.15, -0.1) is 0 Å². The molecule has 0 spiro atoms. The van der Waals surface area contributed by atoms with E-state index in [4.69, 9.17) is 4.52 Å². The molecule has 1 rings (SSSR count). The SMILES string of the molecule is CNC(Cc1nc(N(C)C)no1)C(C)C. The van der Waals surface area contributed by atoms with Gasteiger partial charge in [0.15, 0.2) is 0 Å². The maximum Gasteiger partial charge on any atom is 0.265 e. The molecule has 0 aromatic carbocycles. The van der Waals surface area contributed by atoms with Crippen molar-refractivity contribution in [3.8, 4) is 0 Å². The second-order valence-electron chi connectivity index (χ2n) is 4.23. The van der Waals surface area contributed by atoms with Crippen molar-refractivity contribution in [1.29, 1.82) is 0 Å². The Morgan fingerprint density at radius 2 is 2.07 bits per heavy atom. The highest BCUT2D eigenvalue weighted by atomic mass is 16.5. The molecule has 0 bridgehead atoms. The lowest BCUT2D eigenvalue weighted by atomic mass is 10.0. The standard InChI is InChI=1S/C10H20N4O/c1-7(2)8(11-3)6-9-12-10(13-15-9)14(4)5/h7-8,11H,6H2,1-5H3. The van der Waals surface area contributed by atoms with E-state index in [0.717, 1.165) is 6.42 Å². The minimum Gasteiger partial charge on any atom is -0.344 e. The highest BCUT2D eigenvalue weighted by Crippen LogP contribution is 2.11. The van der Waals surface area contributed by atoms with E-state index < -0.39 is 0 Å². The van der Waals surface area contributed by atoms with E-state index in [1.54, 1.807) is 0 Å². The third kappa shape index (κ3) is 3.20. The van der Waals surface area contributed by atoms with Gasteiger partial charge in [0.1, 0.15) is 0 Å². The Kier molecular flexibility index (Phi) is 4.08. The smallest absolute Gasteiger partial charge is 0.265 e. The number of anilines is 1. The van der Waals surface area contributed by atoms with E-state index in [2.05, 4.69) is 29.3 Å². The fourth-order valence-corrected chi connectivity index (χ4v) is 1.37. The Morgan fingerprint density at radius 1 is 1.40 bits per heavy atom. The number of nitrogens with zero attached hydrogens (tertiary/aromatic N) is 3. The maximum absolute atomic E-state index is 5.17. The van der Waals surface area contributed by atoms with Crippen LogP contribution in [0, 0.1) is 5.92 Å². The van der Waals surface area contributed by atoms with Gasteiger partial charge in [-0.05, 0) is 18.1 Å². The Balaban J connectivity index is 2.63. The van der Waals surface area contributed by atoms with E-state index in [1.807, 2.05) is 26.0 Å². The number of hydrogen-bond acceptors (Lipinski definition) is 5. The number of nitrogens with one attached hydrogen (secondary N) is 1. The van der Waals surface area contributed by atoms with Crippen LogP contribution in [-0.2, 0) is 6.42 Å². The lowest BCUT2D eigenvalue weighted by molar-refractivity contribution is 0.335. The van der Waals surface area contributed by atoms with Gasteiger partial charge < -0.3 is 14.7 Å². The zero-order chi connectivity index (χ0) is 11.4. The Hall–Kier alpha value is -1.10. The molecule has 1 aromatic rings. The quantitative estimate of drug-likeness (QED) is 0.786. The second kappa shape index (κ2) is 5.11. The molecule has 86 valence electrons. The van der Waals surface area contributed by atoms with Crippen LogP contribution in [-0.4, -0.2) is 37.3 Å². The van der Waals surface area contributed by atoms with Crippen LogP contribution in [0.2, 0.25) is 0 Å². The largest absolute Gasteiger partial charge is 0.344 e. The van der Waals surface area contributed by atoms with E-state index in [9.17, 15) is 0 Å². The van der Waals surface area contributed by atoms with Crippen molar-refractivity contribution >= 4 is 5.95 Å². The molecule has 5 heteroatoms. The summed E-state index contributed by atoms with van der Waals surface area (Å²) in [7, 11) is 5.74. The zero-order valence-corrected chi connectivity index (χ0v) is 10.1. The van der Waals surface area contributed by atoms with E-state index in [0.29, 0.717) is 23.8 Å². The molecule has 0 radical (unpaired) electrons. The van der Waals surface area contributed by atoms with Gasteiger partial charge in [-0.2, -0.15) is 4.98 Å². The highest BCUT2D eigenvalue weighted by Gasteiger charge is 2.16. The van der Waals surface area contributed by atoms with Crippen molar-refractivity contribution in [2.75, 3.05) is 26.0 Å². The van der Waals surface area contributed by atoms with E-state index in [-0.39, 0.29) is 0 Å². The average molecular weight is 212 g/mol. The van der Waals surface area contributed by atoms with Crippen molar-refractivity contribution in [1.82, 2.24) is 15.5 Å². The van der Waals surface area contributed by atoms with Gasteiger partial charge in [-0.25, -0.2) is 0 Å². The Bertz CT molecular complexity index is 295. The van der Waals surface area contributed by atoms with Crippen LogP contribution in [0.5, 0.6) is 0 Å². The molecule has 0 amide bonds. The summed E-state index contributed by atoms with van der Waals surface area (Å²) in [5.74, 6) is 1.86. The average Bonchev–Trinajstić information content (AvgIpc) is 2.61. The summed E-state index contributed by atoms with van der Waals surface area (Å²) in [5.41, 5.74) is 0. The first-order valence-corrected chi connectivity index (χ1v) is 5.21. The third-order valence-electron chi connectivity index (χ3n) is 2.43. The minimum absolute atomic E-state index is 0.375. The van der Waals surface area contributed by atoms with Crippen molar-refractivity contribution in [3.05, 3.63) is 5.89 Å². The molecular formula is C10H20N4O. The van der Waals surface area contributed by atoms with Crippen LogP contribution in [0.15, 0.2) is 4.52 Å². The van der Waals surface area contributed by atoms with Gasteiger partial charge in [-0.1, -0.05) is 13.8 Å². The molecule has 0 saturated heterocycles. The highest BCUT2D eigenvalue weighted by molar-refractivity contribution is 5.23. The fourth-order valence-electron chi connectivity index (χ4n) is 1.37. The van der Waals surface area contributed by atoms with E-state index in [1.165, 1.54) is 0 Å². The predicted octanol–water partition coefficient (Wildman–Crippen LogP) is 0.922. The second-order valence-corrected chi connectivity index (χ2v) is 4.23. The molecule has 0 aliphatic heterocycles. The van der Waals surface area contributed by atoms with Gasteiger partial charge in [-0.3, -0.25) is 0 Å². The van der Waals surface area contributed by atoms with Crippen LogP contribution in [0.1, 0.15) is 19.7 Å². The van der Waals surface area contributed by atoms with Gasteiger partial charge in [0.05, 0.1) is 0 Å². The number of rotatable bonds is 5. The molecule has 0 aliphatic rings. The number of likely N-dealkylation sites (N-methyl/N-ethyl adjacent to an activating group) is 1. The fraction of sp³-hybridized carbons (Fsp3) is 0.800. The van der Waals surface area contributed by atoms with Crippen LogP contribution in [0.3, 0.4) is 0 Å². The molecule has 15 heavy (non-hydrogen) atoms.